The van der Waals surface area contributed by atoms with Crippen molar-refractivity contribution in [2.75, 3.05) is 6.54 Å². The average Bonchev–Trinajstić information content (AvgIpc) is 2.29. The summed E-state index contributed by atoms with van der Waals surface area (Å²) < 4.78 is 13.4. The molecule has 1 atom stereocenters. The standard InChI is InChI=1S/C14H21FN2O/c1-9-5-6-11(7-12(9)15)10(2)17-8-14(3,4)13(16)18/h5-7,10,17H,8H2,1-4H3,(H2,16,18). The number of amides is 1. The lowest BCUT2D eigenvalue weighted by molar-refractivity contribution is -0.125. The largest absolute Gasteiger partial charge is 0.369 e. The van der Waals surface area contributed by atoms with Crippen molar-refractivity contribution < 1.29 is 9.18 Å². The lowest BCUT2D eigenvalue weighted by atomic mass is 9.92. The lowest BCUT2D eigenvalue weighted by Gasteiger charge is -2.24. The molecule has 1 unspecified atom stereocenters. The van der Waals surface area contributed by atoms with Gasteiger partial charge in [0.05, 0.1) is 5.41 Å². The Morgan fingerprint density at radius 1 is 1.50 bits per heavy atom. The van der Waals surface area contributed by atoms with Crippen LogP contribution in [0.3, 0.4) is 0 Å². The van der Waals surface area contributed by atoms with Gasteiger partial charge in [-0.3, -0.25) is 4.79 Å². The first-order valence-electron chi connectivity index (χ1n) is 6.03. The van der Waals surface area contributed by atoms with Gasteiger partial charge in [0.25, 0.3) is 0 Å². The molecule has 1 rings (SSSR count). The second kappa shape index (κ2) is 5.48. The predicted octanol–water partition coefficient (Wildman–Crippen LogP) is 2.30. The zero-order valence-corrected chi connectivity index (χ0v) is 11.4. The maximum Gasteiger partial charge on any atom is 0.224 e. The van der Waals surface area contributed by atoms with E-state index in [4.69, 9.17) is 5.73 Å². The number of benzene rings is 1. The van der Waals surface area contributed by atoms with Gasteiger partial charge >= 0.3 is 0 Å². The molecule has 0 aliphatic rings. The number of nitrogens with one attached hydrogen (secondary N) is 1. The number of carbonyl (C=O) groups excluding carboxylic acids is 1. The molecule has 0 spiro atoms. The molecule has 4 heteroatoms. The predicted molar refractivity (Wildman–Crippen MR) is 70.5 cm³/mol. The van der Waals surface area contributed by atoms with Crippen LogP contribution >= 0.6 is 0 Å². The van der Waals surface area contributed by atoms with E-state index in [1.807, 2.05) is 13.0 Å². The maximum absolute atomic E-state index is 13.4. The van der Waals surface area contributed by atoms with Gasteiger partial charge in [-0.15, -0.1) is 0 Å². The van der Waals surface area contributed by atoms with Gasteiger partial charge in [0, 0.05) is 12.6 Å². The summed E-state index contributed by atoms with van der Waals surface area (Å²) in [5, 5.41) is 3.20. The van der Waals surface area contributed by atoms with Crippen LogP contribution in [0.5, 0.6) is 0 Å². The van der Waals surface area contributed by atoms with Crippen molar-refractivity contribution in [3.8, 4) is 0 Å². The molecule has 0 radical (unpaired) electrons. The summed E-state index contributed by atoms with van der Waals surface area (Å²) in [5.74, 6) is -0.562. The Bertz CT molecular complexity index is 443. The van der Waals surface area contributed by atoms with Crippen molar-refractivity contribution in [1.82, 2.24) is 5.32 Å². The summed E-state index contributed by atoms with van der Waals surface area (Å²) in [4.78, 5) is 11.2. The smallest absolute Gasteiger partial charge is 0.224 e. The minimum atomic E-state index is -0.614. The first kappa shape index (κ1) is 14.6. The van der Waals surface area contributed by atoms with Gasteiger partial charge in [-0.2, -0.15) is 0 Å². The van der Waals surface area contributed by atoms with Crippen LogP contribution in [0.2, 0.25) is 0 Å². The second-order valence-corrected chi connectivity index (χ2v) is 5.36. The van der Waals surface area contributed by atoms with Crippen molar-refractivity contribution in [2.45, 2.75) is 33.7 Å². The van der Waals surface area contributed by atoms with Crippen LogP contribution in [0.4, 0.5) is 4.39 Å². The summed E-state index contributed by atoms with van der Waals surface area (Å²) in [7, 11) is 0. The third kappa shape index (κ3) is 3.53. The normalized spacial score (nSPS) is 13.4. The quantitative estimate of drug-likeness (QED) is 0.844. The Morgan fingerprint density at radius 2 is 2.11 bits per heavy atom. The summed E-state index contributed by atoms with van der Waals surface area (Å²) in [6.07, 6.45) is 0. The molecular weight excluding hydrogens is 231 g/mol. The highest BCUT2D eigenvalue weighted by atomic mass is 19.1. The van der Waals surface area contributed by atoms with Crippen molar-refractivity contribution in [3.63, 3.8) is 0 Å². The molecule has 0 aliphatic carbocycles. The number of halogens is 1. The van der Waals surface area contributed by atoms with Crippen LogP contribution in [-0.4, -0.2) is 12.5 Å². The Balaban J connectivity index is 2.68. The highest BCUT2D eigenvalue weighted by Gasteiger charge is 2.25. The van der Waals surface area contributed by atoms with E-state index < -0.39 is 5.41 Å². The number of nitrogens with two attached hydrogens (primary N) is 1. The van der Waals surface area contributed by atoms with Crippen molar-refractivity contribution >= 4 is 5.91 Å². The number of hydrogen-bond donors (Lipinski definition) is 2. The van der Waals surface area contributed by atoms with Crippen molar-refractivity contribution in [3.05, 3.63) is 35.1 Å². The average molecular weight is 252 g/mol. The second-order valence-electron chi connectivity index (χ2n) is 5.36. The van der Waals surface area contributed by atoms with E-state index in [1.54, 1.807) is 26.8 Å². The van der Waals surface area contributed by atoms with Crippen LogP contribution in [0.25, 0.3) is 0 Å². The lowest BCUT2D eigenvalue weighted by Crippen LogP contribution is -2.41. The number of rotatable bonds is 5. The van der Waals surface area contributed by atoms with E-state index in [-0.39, 0.29) is 17.8 Å². The van der Waals surface area contributed by atoms with E-state index in [0.717, 1.165) is 5.56 Å². The third-order valence-corrected chi connectivity index (χ3v) is 3.21. The van der Waals surface area contributed by atoms with Gasteiger partial charge in [0.2, 0.25) is 5.91 Å². The molecule has 0 aromatic heterocycles. The van der Waals surface area contributed by atoms with E-state index in [0.29, 0.717) is 12.1 Å². The summed E-state index contributed by atoms with van der Waals surface area (Å²) in [6.45, 7) is 7.68. The molecule has 0 bridgehead atoms. The molecule has 1 aromatic rings. The maximum atomic E-state index is 13.4. The Labute approximate surface area is 108 Å². The molecule has 0 saturated heterocycles. The highest BCUT2D eigenvalue weighted by molar-refractivity contribution is 5.80. The number of hydrogen-bond acceptors (Lipinski definition) is 2. The van der Waals surface area contributed by atoms with E-state index in [1.165, 1.54) is 6.07 Å². The van der Waals surface area contributed by atoms with Gasteiger partial charge in [-0.1, -0.05) is 12.1 Å². The van der Waals surface area contributed by atoms with Crippen molar-refractivity contribution in [2.24, 2.45) is 11.1 Å². The summed E-state index contributed by atoms with van der Waals surface area (Å²) in [5.41, 5.74) is 6.17. The van der Waals surface area contributed by atoms with Gasteiger partial charge in [-0.25, -0.2) is 4.39 Å². The van der Waals surface area contributed by atoms with E-state index in [9.17, 15) is 9.18 Å². The van der Waals surface area contributed by atoms with E-state index in [2.05, 4.69) is 5.32 Å². The molecule has 0 heterocycles. The Morgan fingerprint density at radius 3 is 2.61 bits per heavy atom. The first-order chi connectivity index (χ1) is 8.24. The number of carbonyl (C=O) groups is 1. The molecule has 0 fully saturated rings. The molecule has 1 amide bonds. The summed E-state index contributed by atoms with van der Waals surface area (Å²) >= 11 is 0. The van der Waals surface area contributed by atoms with Crippen LogP contribution < -0.4 is 11.1 Å². The Kier molecular flexibility index (Phi) is 4.46. The van der Waals surface area contributed by atoms with Crippen LogP contribution in [0.1, 0.15) is 37.9 Å². The third-order valence-electron chi connectivity index (χ3n) is 3.21. The minimum Gasteiger partial charge on any atom is -0.369 e. The topological polar surface area (TPSA) is 55.1 Å². The van der Waals surface area contributed by atoms with Gasteiger partial charge in [0.15, 0.2) is 0 Å². The number of aryl methyl sites for hydroxylation is 1. The monoisotopic (exact) mass is 252 g/mol. The SMILES string of the molecule is Cc1ccc(C(C)NCC(C)(C)C(N)=O)cc1F. The minimum absolute atomic E-state index is 0.0290. The molecule has 3 N–H and O–H groups in total. The molecule has 100 valence electrons. The van der Waals surface area contributed by atoms with E-state index >= 15 is 0 Å². The fourth-order valence-corrected chi connectivity index (χ4v) is 1.49. The van der Waals surface area contributed by atoms with Gasteiger partial charge < -0.3 is 11.1 Å². The summed E-state index contributed by atoms with van der Waals surface area (Å²) in [6, 6.07) is 5.12. The first-order valence-corrected chi connectivity index (χ1v) is 6.03. The highest BCUT2D eigenvalue weighted by Crippen LogP contribution is 2.19. The Hall–Kier alpha value is -1.42. The molecule has 18 heavy (non-hydrogen) atoms. The molecule has 1 aromatic carbocycles. The molecule has 0 aliphatic heterocycles. The molecular formula is C14H21FN2O. The van der Waals surface area contributed by atoms with Crippen LogP contribution in [-0.2, 0) is 4.79 Å². The van der Waals surface area contributed by atoms with Gasteiger partial charge in [0.1, 0.15) is 5.82 Å². The van der Waals surface area contributed by atoms with Crippen LogP contribution in [0, 0.1) is 18.2 Å². The fraction of sp³-hybridized carbons (Fsp3) is 0.500. The zero-order chi connectivity index (χ0) is 13.9. The number of primary amides is 1. The fourth-order valence-electron chi connectivity index (χ4n) is 1.49. The molecule has 0 saturated carbocycles. The van der Waals surface area contributed by atoms with Crippen LogP contribution in [0.15, 0.2) is 18.2 Å². The van der Waals surface area contributed by atoms with Gasteiger partial charge in [-0.05, 0) is 44.9 Å². The zero-order valence-electron chi connectivity index (χ0n) is 11.4. The molecule has 3 nitrogen and oxygen atoms in total. The van der Waals surface area contributed by atoms with Crippen molar-refractivity contribution in [1.29, 1.82) is 0 Å².